The highest BCUT2D eigenvalue weighted by Crippen LogP contribution is 2.35. The predicted octanol–water partition coefficient (Wildman–Crippen LogP) is 3.01. The first kappa shape index (κ1) is 20.2. The molecule has 7 nitrogen and oxygen atoms in total. The summed E-state index contributed by atoms with van der Waals surface area (Å²) in [5, 5.41) is 4.53. The molecule has 3 aromatic rings. The van der Waals surface area contributed by atoms with E-state index in [0.717, 1.165) is 18.4 Å². The van der Waals surface area contributed by atoms with Crippen LogP contribution < -0.4 is 15.0 Å². The third-order valence-electron chi connectivity index (χ3n) is 5.92. The van der Waals surface area contributed by atoms with Gasteiger partial charge in [0, 0.05) is 18.2 Å². The Morgan fingerprint density at radius 2 is 1.94 bits per heavy atom. The van der Waals surface area contributed by atoms with Gasteiger partial charge in [-0.15, -0.1) is 0 Å². The van der Waals surface area contributed by atoms with Crippen LogP contribution in [-0.4, -0.2) is 40.0 Å². The fourth-order valence-corrected chi connectivity index (χ4v) is 4.25. The summed E-state index contributed by atoms with van der Waals surface area (Å²) in [5.74, 6) is 0.795. The first-order chi connectivity index (χ1) is 15.6. The van der Waals surface area contributed by atoms with Crippen molar-refractivity contribution in [1.29, 1.82) is 0 Å². The molecule has 8 heteroatoms. The summed E-state index contributed by atoms with van der Waals surface area (Å²) in [7, 11) is 0. The fraction of sp³-hybridized carbons (Fsp3) is 0.292. The molecule has 2 aromatic carbocycles. The predicted molar refractivity (Wildman–Crippen MR) is 115 cm³/mol. The van der Waals surface area contributed by atoms with Crippen molar-refractivity contribution in [2.45, 2.75) is 31.8 Å². The van der Waals surface area contributed by atoms with Crippen molar-refractivity contribution >= 4 is 5.91 Å². The van der Waals surface area contributed by atoms with Crippen molar-refractivity contribution in [2.75, 3.05) is 13.3 Å². The topological polar surface area (TPSA) is 73.7 Å². The standard InChI is InChI=1S/C24H22FN3O4/c25-19-6-2-1-4-16(19)13-24(30)27-11-3-5-18(27)14-28-23(29)10-8-20(26-28)17-7-9-21-22(12-17)32-15-31-21/h1-2,4,6-10,12,18H,3,5,11,13-15H2/t18-/m0/s1. The smallest absolute Gasteiger partial charge is 0.266 e. The third-order valence-corrected chi connectivity index (χ3v) is 5.92. The molecule has 1 saturated heterocycles. The Morgan fingerprint density at radius 3 is 2.81 bits per heavy atom. The summed E-state index contributed by atoms with van der Waals surface area (Å²) in [4.78, 5) is 27.1. The van der Waals surface area contributed by atoms with Crippen LogP contribution in [0.25, 0.3) is 11.3 Å². The summed E-state index contributed by atoms with van der Waals surface area (Å²) in [6, 6.07) is 14.8. The van der Waals surface area contributed by atoms with Gasteiger partial charge < -0.3 is 14.4 Å². The van der Waals surface area contributed by atoms with Crippen LogP contribution in [-0.2, 0) is 17.8 Å². The Labute approximate surface area is 184 Å². The van der Waals surface area contributed by atoms with Gasteiger partial charge in [-0.1, -0.05) is 18.2 Å². The highest BCUT2D eigenvalue weighted by atomic mass is 19.1. The Hall–Kier alpha value is -3.68. The second-order valence-electron chi connectivity index (χ2n) is 7.96. The van der Waals surface area contributed by atoms with Gasteiger partial charge in [-0.25, -0.2) is 9.07 Å². The van der Waals surface area contributed by atoms with Crippen LogP contribution >= 0.6 is 0 Å². The first-order valence-electron chi connectivity index (χ1n) is 10.6. The second kappa shape index (κ2) is 8.45. The molecule has 0 saturated carbocycles. The number of nitrogens with zero attached hydrogens (tertiary/aromatic N) is 3. The average Bonchev–Trinajstić information content (AvgIpc) is 3.45. The van der Waals surface area contributed by atoms with Crippen molar-refractivity contribution in [3.63, 3.8) is 0 Å². The lowest BCUT2D eigenvalue weighted by atomic mass is 10.1. The van der Waals surface area contributed by atoms with Crippen molar-refractivity contribution in [1.82, 2.24) is 14.7 Å². The zero-order valence-electron chi connectivity index (χ0n) is 17.4. The summed E-state index contributed by atoms with van der Waals surface area (Å²) < 4.78 is 26.2. The zero-order valence-corrected chi connectivity index (χ0v) is 17.4. The van der Waals surface area contributed by atoms with Gasteiger partial charge in [0.05, 0.1) is 24.7 Å². The Bertz CT molecular complexity index is 1230. The SMILES string of the molecule is O=C(Cc1ccccc1F)N1CCC[C@H]1Cn1nc(-c2ccc3c(c2)OCO3)ccc1=O. The number of rotatable bonds is 5. The van der Waals surface area contributed by atoms with Crippen LogP contribution in [0.5, 0.6) is 11.5 Å². The van der Waals surface area contributed by atoms with Crippen LogP contribution in [0.3, 0.4) is 0 Å². The van der Waals surface area contributed by atoms with Gasteiger partial charge in [-0.3, -0.25) is 9.59 Å². The largest absolute Gasteiger partial charge is 0.454 e. The molecule has 0 spiro atoms. The van der Waals surface area contributed by atoms with E-state index in [2.05, 4.69) is 5.10 Å². The molecule has 5 rings (SSSR count). The molecule has 0 aliphatic carbocycles. The van der Waals surface area contributed by atoms with Gasteiger partial charge in [0.15, 0.2) is 11.5 Å². The Kier molecular flexibility index (Phi) is 5.34. The Morgan fingerprint density at radius 1 is 1.09 bits per heavy atom. The summed E-state index contributed by atoms with van der Waals surface area (Å²) in [5.41, 5.74) is 1.58. The number of amides is 1. The van der Waals surface area contributed by atoms with Gasteiger partial charge in [-0.05, 0) is 48.7 Å². The molecule has 0 bridgehead atoms. The molecule has 1 aromatic heterocycles. The number of ether oxygens (including phenoxy) is 2. The minimum atomic E-state index is -0.383. The van der Waals surface area contributed by atoms with Gasteiger partial charge >= 0.3 is 0 Å². The van der Waals surface area contributed by atoms with E-state index in [9.17, 15) is 14.0 Å². The van der Waals surface area contributed by atoms with E-state index in [1.54, 1.807) is 29.2 Å². The number of hydrogen-bond donors (Lipinski definition) is 0. The van der Waals surface area contributed by atoms with Crippen molar-refractivity contribution in [3.05, 3.63) is 76.3 Å². The number of hydrogen-bond acceptors (Lipinski definition) is 5. The monoisotopic (exact) mass is 435 g/mol. The van der Waals surface area contributed by atoms with Crippen molar-refractivity contribution in [3.8, 4) is 22.8 Å². The molecule has 0 unspecified atom stereocenters. The lowest BCUT2D eigenvalue weighted by Gasteiger charge is -2.25. The van der Waals surface area contributed by atoms with Gasteiger partial charge in [0.1, 0.15) is 5.82 Å². The van der Waals surface area contributed by atoms with E-state index in [4.69, 9.17) is 9.47 Å². The average molecular weight is 435 g/mol. The van der Waals surface area contributed by atoms with E-state index in [1.807, 2.05) is 18.2 Å². The summed E-state index contributed by atoms with van der Waals surface area (Å²) >= 11 is 0. The molecular formula is C24H22FN3O4. The van der Waals surface area contributed by atoms with E-state index in [-0.39, 0.29) is 36.5 Å². The van der Waals surface area contributed by atoms with Crippen LogP contribution in [0.1, 0.15) is 18.4 Å². The number of fused-ring (bicyclic) bond motifs is 1. The number of carbonyl (C=O) groups is 1. The maximum Gasteiger partial charge on any atom is 0.266 e. The molecule has 1 amide bonds. The highest BCUT2D eigenvalue weighted by Gasteiger charge is 2.30. The summed E-state index contributed by atoms with van der Waals surface area (Å²) in [6.07, 6.45) is 1.61. The highest BCUT2D eigenvalue weighted by molar-refractivity contribution is 5.79. The molecular weight excluding hydrogens is 413 g/mol. The Balaban J connectivity index is 1.35. The molecule has 1 fully saturated rings. The molecule has 0 N–H and O–H groups in total. The third kappa shape index (κ3) is 3.95. The molecule has 32 heavy (non-hydrogen) atoms. The lowest BCUT2D eigenvalue weighted by molar-refractivity contribution is -0.131. The second-order valence-corrected chi connectivity index (χ2v) is 7.96. The fourth-order valence-electron chi connectivity index (χ4n) is 4.25. The van der Waals surface area contributed by atoms with E-state index >= 15 is 0 Å². The molecule has 164 valence electrons. The van der Waals surface area contributed by atoms with E-state index < -0.39 is 0 Å². The number of carbonyl (C=O) groups excluding carboxylic acids is 1. The number of likely N-dealkylation sites (tertiary alicyclic amines) is 1. The van der Waals surface area contributed by atoms with Crippen LogP contribution in [0.2, 0.25) is 0 Å². The maximum atomic E-state index is 14.0. The molecule has 2 aliphatic heterocycles. The molecule has 2 aliphatic rings. The lowest BCUT2D eigenvalue weighted by Crippen LogP contribution is -2.41. The number of aromatic nitrogens is 2. The van der Waals surface area contributed by atoms with Crippen LogP contribution in [0, 0.1) is 5.82 Å². The van der Waals surface area contributed by atoms with Crippen LogP contribution in [0.15, 0.2) is 59.4 Å². The first-order valence-corrected chi connectivity index (χ1v) is 10.6. The minimum Gasteiger partial charge on any atom is -0.454 e. The zero-order chi connectivity index (χ0) is 22.1. The van der Waals surface area contributed by atoms with Gasteiger partial charge in [0.25, 0.3) is 5.56 Å². The number of benzene rings is 2. The van der Waals surface area contributed by atoms with Gasteiger partial charge in [-0.2, -0.15) is 5.10 Å². The number of halogens is 1. The van der Waals surface area contributed by atoms with E-state index in [0.29, 0.717) is 35.8 Å². The summed E-state index contributed by atoms with van der Waals surface area (Å²) in [6.45, 7) is 1.07. The van der Waals surface area contributed by atoms with Crippen molar-refractivity contribution < 1.29 is 18.7 Å². The van der Waals surface area contributed by atoms with Crippen molar-refractivity contribution in [2.24, 2.45) is 0 Å². The quantitative estimate of drug-likeness (QED) is 0.616. The molecule has 1 atom stereocenters. The van der Waals surface area contributed by atoms with Crippen LogP contribution in [0.4, 0.5) is 4.39 Å². The van der Waals surface area contributed by atoms with Gasteiger partial charge in [0.2, 0.25) is 12.7 Å². The molecule has 0 radical (unpaired) electrons. The minimum absolute atomic E-state index is 0.00272. The van der Waals surface area contributed by atoms with E-state index in [1.165, 1.54) is 16.8 Å². The molecule has 3 heterocycles. The maximum absolute atomic E-state index is 14.0. The normalized spacial score (nSPS) is 17.0.